The molecule has 25 heavy (non-hydrogen) atoms. The standard InChI is InChI=1S/C21H18FNOS/c1-13-9-17(10-13)16-5-8-19(14(2)11-16)23-20(24)12-25-21(23)15-3-6-18(22)7-4-15/h3-11,21H,12H2,1-2H3. The first-order valence-electron chi connectivity index (χ1n) is 8.23. The van der Waals surface area contributed by atoms with Crippen LogP contribution in [0.3, 0.4) is 0 Å². The molecule has 2 aromatic rings. The van der Waals surface area contributed by atoms with E-state index in [0.717, 1.165) is 16.8 Å². The molecule has 1 unspecified atom stereocenters. The van der Waals surface area contributed by atoms with E-state index in [0.29, 0.717) is 5.75 Å². The molecule has 0 N–H and O–H groups in total. The van der Waals surface area contributed by atoms with Gasteiger partial charge in [0, 0.05) is 5.69 Å². The Hall–Kier alpha value is -2.33. The molecule has 126 valence electrons. The average molecular weight is 351 g/mol. The summed E-state index contributed by atoms with van der Waals surface area (Å²) in [5.41, 5.74) is 6.61. The highest BCUT2D eigenvalue weighted by Gasteiger charge is 2.34. The number of anilines is 1. The van der Waals surface area contributed by atoms with Crippen molar-refractivity contribution in [2.45, 2.75) is 19.2 Å². The maximum Gasteiger partial charge on any atom is 0.238 e. The van der Waals surface area contributed by atoms with E-state index in [1.807, 2.05) is 17.9 Å². The Kier molecular flexibility index (Phi) is 4.00. The molecule has 2 aliphatic rings. The number of rotatable bonds is 3. The number of aryl methyl sites for hydroxylation is 1. The molecule has 0 bridgehead atoms. The minimum atomic E-state index is -0.262. The molecule has 0 spiro atoms. The second kappa shape index (κ2) is 6.19. The van der Waals surface area contributed by atoms with Gasteiger partial charge in [0.15, 0.2) is 0 Å². The molecule has 1 saturated heterocycles. The number of amides is 1. The number of hydrogen-bond acceptors (Lipinski definition) is 2. The first kappa shape index (κ1) is 16.2. The van der Waals surface area contributed by atoms with Crippen LogP contribution in [0.4, 0.5) is 10.1 Å². The highest BCUT2D eigenvalue weighted by molar-refractivity contribution is 8.00. The summed E-state index contributed by atoms with van der Waals surface area (Å²) >= 11 is 1.58. The molecule has 4 rings (SSSR count). The SMILES string of the molecule is CC1=CC(c2ccc(N3C(=O)CSC3c3ccc(F)cc3)c(C)c2)=C1. The first-order chi connectivity index (χ1) is 12.0. The van der Waals surface area contributed by atoms with E-state index in [9.17, 15) is 9.18 Å². The van der Waals surface area contributed by atoms with Crippen LogP contribution in [0.2, 0.25) is 0 Å². The average Bonchev–Trinajstić information content (AvgIpc) is 2.94. The van der Waals surface area contributed by atoms with Crippen LogP contribution < -0.4 is 4.90 Å². The van der Waals surface area contributed by atoms with E-state index in [2.05, 4.69) is 31.2 Å². The van der Waals surface area contributed by atoms with Crippen molar-refractivity contribution in [2.75, 3.05) is 10.7 Å². The van der Waals surface area contributed by atoms with Crippen LogP contribution in [0, 0.1) is 12.7 Å². The van der Waals surface area contributed by atoms with Crippen molar-refractivity contribution < 1.29 is 9.18 Å². The summed E-state index contributed by atoms with van der Waals surface area (Å²) in [5, 5.41) is -0.109. The third-order valence-corrected chi connectivity index (χ3v) is 5.79. The lowest BCUT2D eigenvalue weighted by Crippen LogP contribution is -2.28. The Morgan fingerprint density at radius 1 is 1.08 bits per heavy atom. The van der Waals surface area contributed by atoms with Crippen molar-refractivity contribution in [2.24, 2.45) is 0 Å². The zero-order chi connectivity index (χ0) is 17.6. The zero-order valence-corrected chi connectivity index (χ0v) is 14.9. The lowest BCUT2D eigenvalue weighted by atomic mass is 9.92. The van der Waals surface area contributed by atoms with Crippen LogP contribution in [-0.2, 0) is 4.79 Å². The van der Waals surface area contributed by atoms with Gasteiger partial charge in [-0.25, -0.2) is 4.39 Å². The van der Waals surface area contributed by atoms with Crippen LogP contribution in [0.5, 0.6) is 0 Å². The first-order valence-corrected chi connectivity index (χ1v) is 9.28. The molecular weight excluding hydrogens is 333 g/mol. The summed E-state index contributed by atoms with van der Waals surface area (Å²) in [4.78, 5) is 14.4. The van der Waals surface area contributed by atoms with Gasteiger partial charge in [-0.15, -0.1) is 11.8 Å². The lowest BCUT2D eigenvalue weighted by molar-refractivity contribution is -0.115. The highest BCUT2D eigenvalue weighted by Crippen LogP contribution is 2.43. The molecular formula is C21H18FNOS. The zero-order valence-electron chi connectivity index (χ0n) is 14.1. The third kappa shape index (κ3) is 2.91. The van der Waals surface area contributed by atoms with Gasteiger partial charge in [-0.2, -0.15) is 0 Å². The maximum atomic E-state index is 13.2. The summed E-state index contributed by atoms with van der Waals surface area (Å²) < 4.78 is 13.2. The van der Waals surface area contributed by atoms with E-state index < -0.39 is 0 Å². The summed E-state index contributed by atoms with van der Waals surface area (Å²) in [6.45, 7) is 4.12. The molecule has 1 amide bonds. The van der Waals surface area contributed by atoms with Gasteiger partial charge >= 0.3 is 0 Å². The van der Waals surface area contributed by atoms with Gasteiger partial charge in [0.1, 0.15) is 11.2 Å². The fourth-order valence-electron chi connectivity index (χ4n) is 3.31. The van der Waals surface area contributed by atoms with Crippen molar-refractivity contribution in [3.8, 4) is 0 Å². The molecule has 4 heteroatoms. The van der Waals surface area contributed by atoms with Gasteiger partial charge in [0.05, 0.1) is 5.75 Å². The smallest absolute Gasteiger partial charge is 0.238 e. The van der Waals surface area contributed by atoms with Gasteiger partial charge in [-0.3, -0.25) is 9.69 Å². The number of thioether (sulfide) groups is 1. The summed E-state index contributed by atoms with van der Waals surface area (Å²) in [5.74, 6) is 0.270. The topological polar surface area (TPSA) is 20.3 Å². The van der Waals surface area contributed by atoms with Crippen molar-refractivity contribution in [3.63, 3.8) is 0 Å². The van der Waals surface area contributed by atoms with Crippen LogP contribution >= 0.6 is 11.8 Å². The normalized spacial score (nSPS) is 19.6. The Morgan fingerprint density at radius 2 is 1.80 bits per heavy atom. The number of hydrogen-bond donors (Lipinski definition) is 0. The van der Waals surface area contributed by atoms with Crippen molar-refractivity contribution in [1.29, 1.82) is 0 Å². The van der Waals surface area contributed by atoms with Gasteiger partial charge in [-0.1, -0.05) is 30.4 Å². The molecule has 1 aliphatic carbocycles. The van der Waals surface area contributed by atoms with Crippen LogP contribution in [0.1, 0.15) is 29.0 Å². The van der Waals surface area contributed by atoms with Gasteiger partial charge < -0.3 is 0 Å². The number of benzene rings is 2. The van der Waals surface area contributed by atoms with E-state index in [4.69, 9.17) is 0 Å². The summed E-state index contributed by atoms with van der Waals surface area (Å²) in [6, 6.07) is 12.6. The van der Waals surface area contributed by atoms with Crippen LogP contribution in [0.15, 0.2) is 60.2 Å². The second-order valence-electron chi connectivity index (χ2n) is 6.47. The molecule has 1 atom stereocenters. The lowest BCUT2D eigenvalue weighted by Gasteiger charge is -2.26. The Balaban J connectivity index is 1.68. The third-order valence-electron chi connectivity index (χ3n) is 4.58. The van der Waals surface area contributed by atoms with Crippen LogP contribution in [-0.4, -0.2) is 11.7 Å². The number of carbonyl (C=O) groups is 1. The van der Waals surface area contributed by atoms with Gasteiger partial charge in [-0.05, 0) is 65.9 Å². The molecule has 2 nitrogen and oxygen atoms in total. The minimum Gasteiger partial charge on any atom is -0.295 e. The monoisotopic (exact) mass is 351 g/mol. The molecule has 0 saturated carbocycles. The van der Waals surface area contributed by atoms with Crippen molar-refractivity contribution >= 4 is 28.9 Å². The van der Waals surface area contributed by atoms with Gasteiger partial charge in [0.25, 0.3) is 0 Å². The van der Waals surface area contributed by atoms with E-state index in [1.54, 1.807) is 23.9 Å². The predicted molar refractivity (Wildman–Crippen MR) is 102 cm³/mol. The van der Waals surface area contributed by atoms with Gasteiger partial charge in [0.2, 0.25) is 5.91 Å². The van der Waals surface area contributed by atoms with E-state index >= 15 is 0 Å². The van der Waals surface area contributed by atoms with Crippen LogP contribution in [0.25, 0.3) is 5.57 Å². The Labute approximate surface area is 151 Å². The van der Waals surface area contributed by atoms with E-state index in [1.165, 1.54) is 28.8 Å². The fourth-order valence-corrected chi connectivity index (χ4v) is 4.48. The molecule has 2 aromatic carbocycles. The Bertz CT molecular complexity index is 914. The predicted octanol–water partition coefficient (Wildman–Crippen LogP) is 5.26. The fraction of sp³-hybridized carbons (Fsp3) is 0.190. The highest BCUT2D eigenvalue weighted by atomic mass is 32.2. The summed E-state index contributed by atoms with van der Waals surface area (Å²) in [6.07, 6.45) is 4.32. The molecule has 0 radical (unpaired) electrons. The minimum absolute atomic E-state index is 0.0915. The maximum absolute atomic E-state index is 13.2. The second-order valence-corrected chi connectivity index (χ2v) is 7.54. The van der Waals surface area contributed by atoms with Crippen molar-refractivity contribution in [1.82, 2.24) is 0 Å². The number of carbonyl (C=O) groups excluding carboxylic acids is 1. The molecule has 0 aromatic heterocycles. The van der Waals surface area contributed by atoms with Crippen molar-refractivity contribution in [3.05, 3.63) is 82.7 Å². The quantitative estimate of drug-likeness (QED) is 0.752. The molecule has 1 fully saturated rings. The number of nitrogens with zero attached hydrogens (tertiary/aromatic N) is 1. The molecule has 1 aliphatic heterocycles. The molecule has 1 heterocycles. The van der Waals surface area contributed by atoms with E-state index in [-0.39, 0.29) is 17.1 Å². The number of halogens is 1. The summed E-state index contributed by atoms with van der Waals surface area (Å²) in [7, 11) is 0. The number of allylic oxidation sites excluding steroid dienone is 4. The largest absolute Gasteiger partial charge is 0.295 e. The Morgan fingerprint density at radius 3 is 2.44 bits per heavy atom.